The molecule has 3 rings (SSSR count). The van der Waals surface area contributed by atoms with Gasteiger partial charge in [0.25, 0.3) is 0 Å². The number of nitrogens with zero attached hydrogens (tertiary/aromatic N) is 1. The number of thiazole rings is 1. The van der Waals surface area contributed by atoms with Crippen molar-refractivity contribution in [3.05, 3.63) is 48.3 Å². The molecule has 0 fully saturated rings. The number of anilines is 2. The largest absolute Gasteiger partial charge is 0.497 e. The molecule has 0 spiro atoms. The molecule has 96 valence electrons. The molecule has 1 heterocycles. The number of benzene rings is 2. The van der Waals surface area contributed by atoms with Crippen molar-refractivity contribution in [2.45, 2.75) is 0 Å². The van der Waals surface area contributed by atoms with Crippen molar-refractivity contribution >= 4 is 32.4 Å². The Balaban J connectivity index is 1.90. The van der Waals surface area contributed by atoms with E-state index in [2.05, 4.69) is 10.3 Å². The predicted octanol–water partition coefficient (Wildman–Crippen LogP) is 4.19. The highest BCUT2D eigenvalue weighted by Gasteiger charge is 2.07. The van der Waals surface area contributed by atoms with Crippen molar-refractivity contribution < 1.29 is 9.13 Å². The first-order valence-corrected chi connectivity index (χ1v) is 6.54. The van der Waals surface area contributed by atoms with Gasteiger partial charge in [0, 0.05) is 5.69 Å². The molecule has 0 unspecified atom stereocenters. The standard InChI is InChI=1S/C14H11FN2OS/c1-18-10-7-5-9(6-8-10)16-14-17-13-11(15)3-2-4-12(13)19-14/h2-8H,1H3,(H,16,17). The Morgan fingerprint density at radius 1 is 1.16 bits per heavy atom. The lowest BCUT2D eigenvalue weighted by molar-refractivity contribution is 0.415. The number of hydrogen-bond donors (Lipinski definition) is 1. The second-order valence-electron chi connectivity index (χ2n) is 3.96. The number of fused-ring (bicyclic) bond motifs is 1. The van der Waals surface area contributed by atoms with Crippen LogP contribution in [0.2, 0.25) is 0 Å². The first kappa shape index (κ1) is 11.9. The van der Waals surface area contributed by atoms with Crippen LogP contribution in [-0.4, -0.2) is 12.1 Å². The van der Waals surface area contributed by atoms with Crippen LogP contribution < -0.4 is 10.1 Å². The van der Waals surface area contributed by atoms with E-state index in [1.807, 2.05) is 30.3 Å². The summed E-state index contributed by atoms with van der Waals surface area (Å²) in [7, 11) is 1.62. The highest BCUT2D eigenvalue weighted by atomic mass is 32.1. The molecule has 0 bridgehead atoms. The summed E-state index contributed by atoms with van der Waals surface area (Å²) >= 11 is 1.42. The van der Waals surface area contributed by atoms with Crippen molar-refractivity contribution in [2.75, 3.05) is 12.4 Å². The van der Waals surface area contributed by atoms with E-state index in [1.165, 1.54) is 17.4 Å². The predicted molar refractivity (Wildman–Crippen MR) is 75.9 cm³/mol. The highest BCUT2D eigenvalue weighted by molar-refractivity contribution is 7.22. The van der Waals surface area contributed by atoms with Gasteiger partial charge >= 0.3 is 0 Å². The van der Waals surface area contributed by atoms with Crippen LogP contribution in [0.1, 0.15) is 0 Å². The Kier molecular flexibility index (Phi) is 3.05. The molecule has 0 radical (unpaired) electrons. The van der Waals surface area contributed by atoms with Gasteiger partial charge in [-0.2, -0.15) is 0 Å². The minimum Gasteiger partial charge on any atom is -0.497 e. The van der Waals surface area contributed by atoms with Crippen LogP contribution in [0.15, 0.2) is 42.5 Å². The SMILES string of the molecule is COc1ccc(Nc2nc3c(F)cccc3s2)cc1. The minimum absolute atomic E-state index is 0.295. The number of ether oxygens (including phenoxy) is 1. The average molecular weight is 274 g/mol. The molecule has 1 aromatic heterocycles. The molecule has 0 atom stereocenters. The Morgan fingerprint density at radius 2 is 1.95 bits per heavy atom. The number of aromatic nitrogens is 1. The second kappa shape index (κ2) is 4.85. The van der Waals surface area contributed by atoms with Crippen LogP contribution in [0.25, 0.3) is 10.2 Å². The Labute approximate surface area is 113 Å². The third-order valence-corrected chi connectivity index (χ3v) is 3.65. The fourth-order valence-electron chi connectivity index (χ4n) is 1.77. The third-order valence-electron chi connectivity index (χ3n) is 2.71. The summed E-state index contributed by atoms with van der Waals surface area (Å²) in [6, 6.07) is 12.5. The molecule has 1 N–H and O–H groups in total. The molecule has 3 nitrogen and oxygen atoms in total. The van der Waals surface area contributed by atoms with E-state index in [9.17, 15) is 4.39 Å². The van der Waals surface area contributed by atoms with E-state index in [0.29, 0.717) is 10.6 Å². The van der Waals surface area contributed by atoms with Gasteiger partial charge in [-0.05, 0) is 36.4 Å². The molecular weight excluding hydrogens is 263 g/mol. The minimum atomic E-state index is -0.295. The van der Waals surface area contributed by atoms with Crippen molar-refractivity contribution in [1.82, 2.24) is 4.98 Å². The molecule has 0 amide bonds. The summed E-state index contributed by atoms with van der Waals surface area (Å²) in [4.78, 5) is 4.25. The van der Waals surface area contributed by atoms with E-state index in [-0.39, 0.29) is 5.82 Å². The third kappa shape index (κ3) is 2.37. The molecular formula is C14H11FN2OS. The zero-order chi connectivity index (χ0) is 13.2. The smallest absolute Gasteiger partial charge is 0.188 e. The lowest BCUT2D eigenvalue weighted by Crippen LogP contribution is -1.89. The van der Waals surface area contributed by atoms with Crippen molar-refractivity contribution in [3.8, 4) is 5.75 Å². The topological polar surface area (TPSA) is 34.1 Å². The molecule has 0 aliphatic rings. The number of methoxy groups -OCH3 is 1. The number of para-hydroxylation sites is 1. The molecule has 5 heteroatoms. The first-order chi connectivity index (χ1) is 9.26. The van der Waals surface area contributed by atoms with E-state index in [4.69, 9.17) is 4.74 Å². The molecule has 0 aliphatic heterocycles. The fraction of sp³-hybridized carbons (Fsp3) is 0.0714. The molecule has 0 aliphatic carbocycles. The van der Waals surface area contributed by atoms with Gasteiger partial charge in [0.05, 0.1) is 11.8 Å². The maximum atomic E-state index is 13.5. The summed E-state index contributed by atoms with van der Waals surface area (Å²) in [6.07, 6.45) is 0. The lowest BCUT2D eigenvalue weighted by atomic mass is 10.3. The van der Waals surface area contributed by atoms with Gasteiger partial charge in [-0.1, -0.05) is 17.4 Å². The van der Waals surface area contributed by atoms with Gasteiger partial charge in [0.1, 0.15) is 17.1 Å². The Bertz CT molecular complexity index is 709. The summed E-state index contributed by atoms with van der Waals surface area (Å²) < 4.78 is 19.5. The van der Waals surface area contributed by atoms with E-state index < -0.39 is 0 Å². The Hall–Kier alpha value is -2.14. The van der Waals surface area contributed by atoms with Crippen LogP contribution in [0.4, 0.5) is 15.2 Å². The zero-order valence-corrected chi connectivity index (χ0v) is 11.0. The summed E-state index contributed by atoms with van der Waals surface area (Å²) in [6.45, 7) is 0. The van der Waals surface area contributed by atoms with E-state index >= 15 is 0 Å². The number of rotatable bonds is 3. The van der Waals surface area contributed by atoms with Crippen LogP contribution in [0, 0.1) is 5.82 Å². The number of nitrogens with one attached hydrogen (secondary N) is 1. The lowest BCUT2D eigenvalue weighted by Gasteiger charge is -2.03. The molecule has 3 aromatic rings. The van der Waals surface area contributed by atoms with Crippen LogP contribution >= 0.6 is 11.3 Å². The average Bonchev–Trinajstić information content (AvgIpc) is 2.84. The summed E-state index contributed by atoms with van der Waals surface area (Å²) in [5.41, 5.74) is 1.30. The van der Waals surface area contributed by atoms with Crippen molar-refractivity contribution in [3.63, 3.8) is 0 Å². The molecule has 0 saturated heterocycles. The van der Waals surface area contributed by atoms with Crippen LogP contribution in [0.3, 0.4) is 0 Å². The number of halogens is 1. The fourth-order valence-corrected chi connectivity index (χ4v) is 2.67. The number of hydrogen-bond acceptors (Lipinski definition) is 4. The monoisotopic (exact) mass is 274 g/mol. The summed E-state index contributed by atoms with van der Waals surface area (Å²) in [5.74, 6) is 0.498. The molecule has 0 saturated carbocycles. The van der Waals surface area contributed by atoms with Crippen LogP contribution in [-0.2, 0) is 0 Å². The highest BCUT2D eigenvalue weighted by Crippen LogP contribution is 2.30. The normalized spacial score (nSPS) is 10.6. The maximum Gasteiger partial charge on any atom is 0.188 e. The summed E-state index contributed by atoms with van der Waals surface area (Å²) in [5, 5.41) is 3.83. The first-order valence-electron chi connectivity index (χ1n) is 5.72. The van der Waals surface area contributed by atoms with Gasteiger partial charge in [0.15, 0.2) is 5.13 Å². The van der Waals surface area contributed by atoms with Gasteiger partial charge in [-0.15, -0.1) is 0 Å². The second-order valence-corrected chi connectivity index (χ2v) is 4.99. The van der Waals surface area contributed by atoms with Gasteiger partial charge in [-0.25, -0.2) is 9.37 Å². The van der Waals surface area contributed by atoms with E-state index in [1.54, 1.807) is 13.2 Å². The van der Waals surface area contributed by atoms with Crippen molar-refractivity contribution in [1.29, 1.82) is 0 Å². The molecule has 19 heavy (non-hydrogen) atoms. The van der Waals surface area contributed by atoms with E-state index in [0.717, 1.165) is 16.1 Å². The van der Waals surface area contributed by atoms with Gasteiger partial charge in [-0.3, -0.25) is 0 Å². The molecule has 2 aromatic carbocycles. The van der Waals surface area contributed by atoms with Crippen LogP contribution in [0.5, 0.6) is 5.75 Å². The zero-order valence-electron chi connectivity index (χ0n) is 10.2. The maximum absolute atomic E-state index is 13.5. The quantitative estimate of drug-likeness (QED) is 0.777. The van der Waals surface area contributed by atoms with Gasteiger partial charge < -0.3 is 10.1 Å². The Morgan fingerprint density at radius 3 is 2.63 bits per heavy atom. The van der Waals surface area contributed by atoms with Crippen molar-refractivity contribution in [2.24, 2.45) is 0 Å². The van der Waals surface area contributed by atoms with Gasteiger partial charge in [0.2, 0.25) is 0 Å².